The Morgan fingerprint density at radius 2 is 0.679 bits per heavy atom. The second-order valence-corrected chi connectivity index (χ2v) is 29.2. The van der Waals surface area contributed by atoms with E-state index < -0.39 is 17.2 Å². The van der Waals surface area contributed by atoms with Gasteiger partial charge in [0.15, 0.2) is 0 Å². The van der Waals surface area contributed by atoms with E-state index in [-0.39, 0.29) is 16.2 Å². The number of aryl methyl sites for hydroxylation is 2. The zero-order chi connectivity index (χ0) is 58.1. The molecule has 0 radical (unpaired) electrons. The summed E-state index contributed by atoms with van der Waals surface area (Å²) in [6.45, 7) is 28.8. The number of benzene rings is 4. The van der Waals surface area contributed by atoms with E-state index >= 15 is 0 Å². The van der Waals surface area contributed by atoms with Crippen LogP contribution in [0, 0.1) is 13.8 Å². The Bertz CT molecular complexity index is 2200. The quantitative estimate of drug-likeness (QED) is 0.0334. The van der Waals surface area contributed by atoms with Crippen LogP contribution in [0.1, 0.15) is 318 Å². The van der Waals surface area contributed by atoms with Gasteiger partial charge in [0.05, 0.1) is 13.2 Å². The normalized spacial score (nSPS) is 15.7. The first-order valence-electron chi connectivity index (χ1n) is 33.1. The van der Waals surface area contributed by atoms with Crippen molar-refractivity contribution >= 4 is 17.2 Å². The molecule has 452 valence electrons. The zero-order valence-corrected chi connectivity index (χ0v) is 55.3. The van der Waals surface area contributed by atoms with Crippen LogP contribution in [-0.4, -0.2) is 13.2 Å². The maximum absolute atomic E-state index is 7.04. The second kappa shape index (κ2) is 34.7. The molecule has 2 aliphatic carbocycles. The van der Waals surface area contributed by atoms with Crippen molar-refractivity contribution in [1.29, 1.82) is 0 Å². The van der Waals surface area contributed by atoms with Crippen molar-refractivity contribution in [3.05, 3.63) is 117 Å². The lowest BCUT2D eigenvalue weighted by Gasteiger charge is -2.35. The van der Waals surface area contributed by atoms with Gasteiger partial charge in [-0.15, -0.1) is 0 Å². The highest BCUT2D eigenvalue weighted by Gasteiger charge is 2.35. The lowest BCUT2D eigenvalue weighted by molar-refractivity contribution is 0.256. The van der Waals surface area contributed by atoms with E-state index in [0.717, 1.165) is 59.8 Å². The van der Waals surface area contributed by atoms with Crippen molar-refractivity contribution < 1.29 is 27.1 Å². The van der Waals surface area contributed by atoms with Gasteiger partial charge in [-0.05, 0) is 145 Å². The average Bonchev–Trinajstić information content (AvgIpc) is 3.51. The van der Waals surface area contributed by atoms with E-state index in [1.807, 2.05) is 0 Å². The largest absolute Gasteiger partial charge is 0.463 e. The van der Waals surface area contributed by atoms with Gasteiger partial charge in [0, 0.05) is 16.5 Å². The van der Waals surface area contributed by atoms with Gasteiger partial charge in [0.2, 0.25) is 0 Å². The summed E-state index contributed by atoms with van der Waals surface area (Å²) in [5.74, 6) is 4.55. The molecule has 0 aliphatic heterocycles. The smallest absolute Gasteiger partial charge is 0.418 e. The summed E-state index contributed by atoms with van der Waals surface area (Å²) < 4.78 is 40.9. The minimum Gasteiger partial charge on any atom is -0.418 e. The molecule has 2 unspecified atom stereocenters. The molecular formula is C73H114O6P2. The lowest BCUT2D eigenvalue weighted by Crippen LogP contribution is -2.25. The predicted octanol–water partition coefficient (Wildman–Crippen LogP) is 24.6. The van der Waals surface area contributed by atoms with Crippen LogP contribution in [0.25, 0.3) is 0 Å². The Morgan fingerprint density at radius 3 is 0.988 bits per heavy atom. The van der Waals surface area contributed by atoms with Crippen LogP contribution in [-0.2, 0) is 25.3 Å². The van der Waals surface area contributed by atoms with Crippen LogP contribution in [0.15, 0.2) is 72.8 Å². The second-order valence-electron chi connectivity index (χ2n) is 27.1. The third kappa shape index (κ3) is 22.3. The minimum atomic E-state index is -1.73. The van der Waals surface area contributed by atoms with Gasteiger partial charge < -0.3 is 18.1 Å². The molecule has 0 spiro atoms. The fourth-order valence-corrected chi connectivity index (χ4v) is 14.6. The molecule has 0 aromatic heterocycles. The van der Waals surface area contributed by atoms with Gasteiger partial charge in [-0.1, -0.05) is 260 Å². The van der Waals surface area contributed by atoms with Gasteiger partial charge >= 0.3 is 17.2 Å². The third-order valence-corrected chi connectivity index (χ3v) is 19.8. The molecule has 0 saturated heterocycles. The van der Waals surface area contributed by atoms with Crippen LogP contribution < -0.4 is 18.1 Å². The molecule has 0 N–H and O–H groups in total. The molecule has 4 aromatic rings. The van der Waals surface area contributed by atoms with E-state index in [1.165, 1.54) is 200 Å². The molecule has 2 atom stereocenters. The van der Waals surface area contributed by atoms with E-state index in [2.05, 4.69) is 156 Å². The SMILES string of the molecule is CCCCCCCCCCCCOP(Oc1ccc(C2CCCCC2)cc1)Oc1cc(C)c(C(C)(C)c2cc(C(C)(C)C)c(OP(OCCCCCCCCCCCC)Oc3ccc(C4CCCCC4)cc3)cc2C)cc1C(C)(C)C. The molecule has 2 aliphatic rings. The minimum absolute atomic E-state index is 0.225. The molecule has 2 fully saturated rings. The Kier molecular flexibility index (Phi) is 28.7. The van der Waals surface area contributed by atoms with Crippen molar-refractivity contribution in [3.8, 4) is 23.0 Å². The Morgan fingerprint density at radius 1 is 0.370 bits per heavy atom. The van der Waals surface area contributed by atoms with Crippen molar-refractivity contribution in [2.75, 3.05) is 13.2 Å². The Labute approximate surface area is 499 Å². The maximum atomic E-state index is 7.04. The topological polar surface area (TPSA) is 55.4 Å². The van der Waals surface area contributed by atoms with E-state index in [0.29, 0.717) is 25.0 Å². The van der Waals surface area contributed by atoms with E-state index in [4.69, 9.17) is 27.1 Å². The molecule has 6 rings (SSSR count). The fourth-order valence-electron chi connectivity index (χ4n) is 12.6. The van der Waals surface area contributed by atoms with Crippen LogP contribution in [0.3, 0.4) is 0 Å². The summed E-state index contributed by atoms with van der Waals surface area (Å²) in [6, 6.07) is 26.9. The first kappa shape index (κ1) is 67.0. The monoisotopic (exact) mass is 1150 g/mol. The molecule has 2 saturated carbocycles. The van der Waals surface area contributed by atoms with Crippen LogP contribution in [0.4, 0.5) is 0 Å². The molecular weight excluding hydrogens is 1030 g/mol. The van der Waals surface area contributed by atoms with Gasteiger partial charge in [0.1, 0.15) is 23.0 Å². The summed E-state index contributed by atoms with van der Waals surface area (Å²) in [6.07, 6.45) is 38.7. The Hall–Kier alpha value is -3.14. The van der Waals surface area contributed by atoms with E-state index in [9.17, 15) is 0 Å². The third-order valence-electron chi connectivity index (χ3n) is 17.6. The molecule has 81 heavy (non-hydrogen) atoms. The first-order valence-corrected chi connectivity index (χ1v) is 35.3. The summed E-state index contributed by atoms with van der Waals surface area (Å²) >= 11 is 0. The van der Waals surface area contributed by atoms with Crippen LogP contribution in [0.5, 0.6) is 23.0 Å². The first-order chi connectivity index (χ1) is 39.0. The predicted molar refractivity (Wildman–Crippen MR) is 348 cm³/mol. The maximum Gasteiger partial charge on any atom is 0.463 e. The standard InChI is InChI=1S/C73H114O6P2/c1-13-15-17-19-21-23-25-27-29-37-51-74-80(76-63-47-43-61(44-48-63)59-39-33-31-34-40-59)78-69-53-57(3)65(55-67(69)71(5,6)7)73(11,12)66-56-68(72(8,9)10)70(54-58(66)4)79-81(75-52-38-30-28-26-24-22-20-18-16-14-2)77-64-49-45-62(46-50-64)60-41-35-32-36-42-60/h43-50,53-56,59-60H,13-42,51-52H2,1-12H3. The molecule has 8 heteroatoms. The summed E-state index contributed by atoms with van der Waals surface area (Å²) in [7, 11) is -3.46. The molecule has 6 nitrogen and oxygen atoms in total. The van der Waals surface area contributed by atoms with Crippen molar-refractivity contribution in [1.82, 2.24) is 0 Å². The number of hydrogen-bond donors (Lipinski definition) is 0. The highest BCUT2D eigenvalue weighted by Crippen LogP contribution is 2.51. The van der Waals surface area contributed by atoms with Crippen LogP contribution in [0.2, 0.25) is 0 Å². The average molecular weight is 1150 g/mol. The van der Waals surface area contributed by atoms with E-state index in [1.54, 1.807) is 0 Å². The number of hydrogen-bond acceptors (Lipinski definition) is 6. The number of rotatable bonds is 36. The molecule has 4 aromatic carbocycles. The van der Waals surface area contributed by atoms with Gasteiger partial charge in [-0.25, -0.2) is 0 Å². The summed E-state index contributed by atoms with van der Waals surface area (Å²) in [4.78, 5) is 0. The number of unbranched alkanes of at least 4 members (excludes halogenated alkanes) is 18. The Balaban J connectivity index is 1.22. The summed E-state index contributed by atoms with van der Waals surface area (Å²) in [5, 5.41) is 0. The fraction of sp³-hybridized carbons (Fsp3) is 0.671. The highest BCUT2D eigenvalue weighted by molar-refractivity contribution is 7.42. The zero-order valence-electron chi connectivity index (χ0n) is 53.6. The molecule has 0 heterocycles. The summed E-state index contributed by atoms with van der Waals surface area (Å²) in [5.41, 5.74) is 9.20. The van der Waals surface area contributed by atoms with Crippen molar-refractivity contribution in [3.63, 3.8) is 0 Å². The van der Waals surface area contributed by atoms with Crippen molar-refractivity contribution in [2.24, 2.45) is 0 Å². The van der Waals surface area contributed by atoms with Gasteiger partial charge in [-0.3, -0.25) is 9.05 Å². The van der Waals surface area contributed by atoms with Crippen molar-refractivity contribution in [2.45, 2.75) is 304 Å². The molecule has 0 amide bonds. The highest BCUT2D eigenvalue weighted by atomic mass is 31.2. The molecule has 0 bridgehead atoms. The lowest BCUT2D eigenvalue weighted by atomic mass is 9.71. The van der Waals surface area contributed by atoms with Gasteiger partial charge in [-0.2, -0.15) is 0 Å². The van der Waals surface area contributed by atoms with Crippen LogP contribution >= 0.6 is 17.2 Å². The van der Waals surface area contributed by atoms with Gasteiger partial charge in [0.25, 0.3) is 0 Å².